The minimum absolute atomic E-state index is 0.0580. The lowest BCUT2D eigenvalue weighted by atomic mass is 10.2. The summed E-state index contributed by atoms with van der Waals surface area (Å²) in [5.41, 5.74) is -1.33. The van der Waals surface area contributed by atoms with Crippen LogP contribution < -0.4 is 10.1 Å². The van der Waals surface area contributed by atoms with Crippen molar-refractivity contribution in [2.45, 2.75) is 13.0 Å². The summed E-state index contributed by atoms with van der Waals surface area (Å²) in [6.07, 6.45) is -1.42. The molecule has 1 N–H and O–H groups in total. The maximum Gasteiger partial charge on any atom is 0.339 e. The molecule has 0 spiro atoms. The summed E-state index contributed by atoms with van der Waals surface area (Å²) in [6, 6.07) is 6.38. The summed E-state index contributed by atoms with van der Waals surface area (Å²) in [7, 11) is 1.23. The van der Waals surface area contributed by atoms with Crippen LogP contribution in [0.2, 0.25) is 0 Å². The van der Waals surface area contributed by atoms with Gasteiger partial charge in [0.05, 0.1) is 17.6 Å². The monoisotopic (exact) mass is 380 g/mol. The molecule has 0 aliphatic heterocycles. The number of carbonyl (C=O) groups is 2. The summed E-state index contributed by atoms with van der Waals surface area (Å²) < 4.78 is 36.8. The van der Waals surface area contributed by atoms with Crippen LogP contribution >= 0.6 is 0 Å². The number of benzene rings is 2. The smallest absolute Gasteiger partial charge is 0.339 e. The van der Waals surface area contributed by atoms with E-state index in [-0.39, 0.29) is 11.3 Å². The van der Waals surface area contributed by atoms with E-state index in [1.165, 1.54) is 26.2 Å². The molecule has 27 heavy (non-hydrogen) atoms. The molecular weight excluding hydrogens is 366 g/mol. The van der Waals surface area contributed by atoms with Crippen LogP contribution in [0.3, 0.4) is 0 Å². The number of ether oxygens (including phenoxy) is 2. The van der Waals surface area contributed by atoms with E-state index < -0.39 is 45.9 Å². The van der Waals surface area contributed by atoms with Crippen molar-refractivity contribution in [1.29, 1.82) is 0 Å². The number of esters is 1. The Bertz CT molecular complexity index is 883. The highest BCUT2D eigenvalue weighted by atomic mass is 19.1. The first-order valence-electron chi connectivity index (χ1n) is 7.53. The van der Waals surface area contributed by atoms with Gasteiger partial charge in [-0.25, -0.2) is 13.6 Å². The van der Waals surface area contributed by atoms with E-state index >= 15 is 0 Å². The Morgan fingerprint density at radius 3 is 2.37 bits per heavy atom. The van der Waals surface area contributed by atoms with E-state index in [0.29, 0.717) is 0 Å². The number of rotatable bonds is 6. The third-order valence-corrected chi connectivity index (χ3v) is 3.48. The zero-order valence-corrected chi connectivity index (χ0v) is 14.2. The van der Waals surface area contributed by atoms with Crippen molar-refractivity contribution in [2.24, 2.45) is 0 Å². The number of anilines is 1. The van der Waals surface area contributed by atoms with Crippen molar-refractivity contribution in [3.05, 3.63) is 63.7 Å². The molecule has 1 atom stereocenters. The van der Waals surface area contributed by atoms with Crippen LogP contribution in [-0.2, 0) is 9.53 Å². The van der Waals surface area contributed by atoms with Gasteiger partial charge in [0.25, 0.3) is 5.91 Å². The first-order valence-corrected chi connectivity index (χ1v) is 7.53. The van der Waals surface area contributed by atoms with Gasteiger partial charge in [0.15, 0.2) is 11.9 Å². The lowest BCUT2D eigenvalue weighted by Crippen LogP contribution is -2.30. The second-order valence-electron chi connectivity index (χ2n) is 5.28. The number of nitro groups is 1. The number of halogens is 2. The number of nitrogens with zero attached hydrogens (tertiary/aromatic N) is 1. The van der Waals surface area contributed by atoms with Crippen LogP contribution in [0.5, 0.6) is 5.75 Å². The SMILES string of the molecule is COc1ccc(C(=O)OC(C)C(=O)Nc2c(F)cccc2F)cc1[N+](=O)[O-]. The van der Waals surface area contributed by atoms with Gasteiger partial charge in [-0.1, -0.05) is 6.07 Å². The molecule has 0 saturated carbocycles. The van der Waals surface area contributed by atoms with Crippen molar-refractivity contribution >= 4 is 23.3 Å². The Kier molecular flexibility index (Phi) is 6.01. The largest absolute Gasteiger partial charge is 0.490 e. The van der Waals surface area contributed by atoms with Crippen LogP contribution in [0.25, 0.3) is 0 Å². The van der Waals surface area contributed by atoms with Crippen molar-refractivity contribution < 1.29 is 32.8 Å². The fraction of sp³-hybridized carbons (Fsp3) is 0.176. The van der Waals surface area contributed by atoms with Crippen molar-refractivity contribution in [2.75, 3.05) is 12.4 Å². The topological polar surface area (TPSA) is 108 Å². The molecule has 0 fully saturated rings. The molecular formula is C17H14F2N2O6. The molecule has 0 aliphatic rings. The summed E-state index contributed by atoms with van der Waals surface area (Å²) in [6.45, 7) is 1.18. The lowest BCUT2D eigenvalue weighted by Gasteiger charge is -2.14. The molecule has 1 unspecified atom stereocenters. The number of hydrogen-bond donors (Lipinski definition) is 1. The van der Waals surface area contributed by atoms with Gasteiger partial charge in [-0.15, -0.1) is 0 Å². The number of hydrogen-bond acceptors (Lipinski definition) is 6. The number of para-hydroxylation sites is 1. The van der Waals surface area contributed by atoms with Crippen LogP contribution in [0, 0.1) is 21.7 Å². The first-order chi connectivity index (χ1) is 12.7. The van der Waals surface area contributed by atoms with Crippen LogP contribution in [-0.4, -0.2) is 30.0 Å². The average molecular weight is 380 g/mol. The zero-order chi connectivity index (χ0) is 20.1. The summed E-state index contributed by atoms with van der Waals surface area (Å²) >= 11 is 0. The Balaban J connectivity index is 2.12. The Hall–Kier alpha value is -3.56. The molecule has 0 saturated heterocycles. The highest BCUT2D eigenvalue weighted by Crippen LogP contribution is 2.28. The Morgan fingerprint density at radius 1 is 1.19 bits per heavy atom. The number of amides is 1. The van der Waals surface area contributed by atoms with Gasteiger partial charge in [-0.2, -0.15) is 0 Å². The van der Waals surface area contributed by atoms with Gasteiger partial charge in [0.2, 0.25) is 0 Å². The fourth-order valence-electron chi connectivity index (χ4n) is 2.08. The van der Waals surface area contributed by atoms with E-state index in [1.54, 1.807) is 0 Å². The highest BCUT2D eigenvalue weighted by molar-refractivity contribution is 5.97. The van der Waals surface area contributed by atoms with Gasteiger partial charge in [0, 0.05) is 6.07 Å². The predicted octanol–water partition coefficient (Wildman–Crippen LogP) is 3.07. The van der Waals surface area contributed by atoms with Crippen LogP contribution in [0.15, 0.2) is 36.4 Å². The highest BCUT2D eigenvalue weighted by Gasteiger charge is 2.24. The molecule has 2 aromatic carbocycles. The van der Waals surface area contributed by atoms with Crippen molar-refractivity contribution in [3.8, 4) is 5.75 Å². The third kappa shape index (κ3) is 4.54. The van der Waals surface area contributed by atoms with Crippen LogP contribution in [0.4, 0.5) is 20.2 Å². The lowest BCUT2D eigenvalue weighted by molar-refractivity contribution is -0.385. The second-order valence-corrected chi connectivity index (χ2v) is 5.28. The van der Waals surface area contributed by atoms with E-state index in [0.717, 1.165) is 24.3 Å². The molecule has 142 valence electrons. The maximum absolute atomic E-state index is 13.6. The van der Waals surface area contributed by atoms with Gasteiger partial charge in [0.1, 0.15) is 17.3 Å². The molecule has 0 bridgehead atoms. The quantitative estimate of drug-likeness (QED) is 0.469. The maximum atomic E-state index is 13.6. The summed E-state index contributed by atoms with van der Waals surface area (Å²) in [5, 5.41) is 13.0. The van der Waals surface area contributed by atoms with Gasteiger partial charge in [-0.3, -0.25) is 14.9 Å². The van der Waals surface area contributed by atoms with Crippen LogP contribution in [0.1, 0.15) is 17.3 Å². The molecule has 2 rings (SSSR count). The molecule has 0 aliphatic carbocycles. The van der Waals surface area contributed by atoms with E-state index in [1.807, 2.05) is 5.32 Å². The minimum Gasteiger partial charge on any atom is -0.490 e. The number of methoxy groups -OCH3 is 1. The second kappa shape index (κ2) is 8.21. The predicted molar refractivity (Wildman–Crippen MR) is 89.5 cm³/mol. The van der Waals surface area contributed by atoms with Gasteiger partial charge < -0.3 is 14.8 Å². The van der Waals surface area contributed by atoms with E-state index in [9.17, 15) is 28.5 Å². The summed E-state index contributed by atoms with van der Waals surface area (Å²) in [4.78, 5) is 34.4. The van der Waals surface area contributed by atoms with Crippen molar-refractivity contribution in [3.63, 3.8) is 0 Å². The normalized spacial score (nSPS) is 11.4. The molecule has 8 nitrogen and oxygen atoms in total. The van der Waals surface area contributed by atoms with E-state index in [2.05, 4.69) is 0 Å². The number of nitrogens with one attached hydrogen (secondary N) is 1. The number of nitro benzene ring substituents is 1. The first kappa shape index (κ1) is 19.8. The summed E-state index contributed by atoms with van der Waals surface area (Å²) in [5.74, 6) is -4.05. The Labute approximate surface area is 151 Å². The van der Waals surface area contributed by atoms with Gasteiger partial charge >= 0.3 is 11.7 Å². The van der Waals surface area contributed by atoms with Gasteiger partial charge in [-0.05, 0) is 31.2 Å². The van der Waals surface area contributed by atoms with Crippen molar-refractivity contribution in [1.82, 2.24) is 0 Å². The molecule has 10 heteroatoms. The standard InChI is InChI=1S/C17H14F2N2O6/c1-9(16(22)20-15-11(18)4-3-5-12(15)19)27-17(23)10-6-7-14(26-2)13(8-10)21(24)25/h3-9H,1-2H3,(H,20,22). The fourth-order valence-corrected chi connectivity index (χ4v) is 2.08. The molecule has 2 aromatic rings. The zero-order valence-electron chi connectivity index (χ0n) is 14.2. The third-order valence-electron chi connectivity index (χ3n) is 3.48. The Morgan fingerprint density at radius 2 is 1.81 bits per heavy atom. The molecule has 0 radical (unpaired) electrons. The average Bonchev–Trinajstić information content (AvgIpc) is 2.63. The van der Waals surface area contributed by atoms with E-state index in [4.69, 9.17) is 9.47 Å². The number of carbonyl (C=O) groups excluding carboxylic acids is 2. The minimum atomic E-state index is -1.42. The molecule has 1 amide bonds. The molecule has 0 heterocycles. The molecule has 0 aromatic heterocycles.